The van der Waals surface area contributed by atoms with E-state index in [2.05, 4.69) is 47.0 Å². The van der Waals surface area contributed by atoms with Crippen LogP contribution in [-0.4, -0.2) is 42.1 Å². The minimum absolute atomic E-state index is 0.215. The van der Waals surface area contributed by atoms with Gasteiger partial charge in [0.05, 0.1) is 0 Å². The van der Waals surface area contributed by atoms with Crippen LogP contribution in [0.2, 0.25) is 0 Å². The first-order chi connectivity index (χ1) is 17.7. The van der Waals surface area contributed by atoms with Crippen LogP contribution < -0.4 is 15.8 Å². The largest absolute Gasteiger partial charge is 0.385 e. The summed E-state index contributed by atoms with van der Waals surface area (Å²) in [5.41, 5.74) is 5.58. The molecular weight excluding hydrogens is 468 g/mol. The van der Waals surface area contributed by atoms with E-state index in [1.807, 2.05) is 36.4 Å². The predicted octanol–water partition coefficient (Wildman–Crippen LogP) is 5.62. The highest BCUT2D eigenvalue weighted by atomic mass is 32.2. The van der Waals surface area contributed by atoms with E-state index in [9.17, 15) is 9.59 Å². The third kappa shape index (κ3) is 4.94. The zero-order valence-electron chi connectivity index (χ0n) is 19.9. The second-order valence-electron chi connectivity index (χ2n) is 8.70. The first-order valence-electron chi connectivity index (χ1n) is 12.0. The lowest BCUT2D eigenvalue weighted by Crippen LogP contribution is -2.41. The SMILES string of the molecule is NSCCNc1ccc(-c2ccc(NCCCN3C(=O)c4cccc5cccc(c45)C3=O)cc2)cc1. The highest BCUT2D eigenvalue weighted by Crippen LogP contribution is 2.30. The molecule has 6 nitrogen and oxygen atoms in total. The molecule has 1 heterocycles. The zero-order chi connectivity index (χ0) is 24.9. The van der Waals surface area contributed by atoms with E-state index < -0.39 is 0 Å². The van der Waals surface area contributed by atoms with Gasteiger partial charge in [0.1, 0.15) is 0 Å². The molecule has 182 valence electrons. The second-order valence-corrected chi connectivity index (χ2v) is 9.45. The molecular formula is C29H28N4O2S. The summed E-state index contributed by atoms with van der Waals surface area (Å²) in [6, 6.07) is 27.8. The molecule has 0 saturated carbocycles. The number of imide groups is 1. The molecule has 1 aliphatic rings. The van der Waals surface area contributed by atoms with Crippen molar-refractivity contribution in [1.29, 1.82) is 0 Å². The molecule has 7 heteroatoms. The Balaban J connectivity index is 1.15. The number of nitrogens with one attached hydrogen (secondary N) is 2. The summed E-state index contributed by atoms with van der Waals surface area (Å²) in [5.74, 6) is 0.437. The molecule has 4 aromatic carbocycles. The van der Waals surface area contributed by atoms with E-state index in [0.29, 0.717) is 30.6 Å². The standard InChI is InChI=1S/C29H28N4O2S/c30-36-19-17-32-24-14-10-21(11-15-24)20-8-12-23(13-9-20)31-16-3-18-33-28(34)25-6-1-4-22-5-2-7-26(27(22)25)29(33)35/h1-2,4-15,31-32H,3,16-19,30H2. The Bertz CT molecular complexity index is 1340. The molecule has 0 unspecified atom stereocenters. The van der Waals surface area contributed by atoms with Crippen LogP contribution in [0.3, 0.4) is 0 Å². The Morgan fingerprint density at radius 1 is 0.694 bits per heavy atom. The predicted molar refractivity (Wildman–Crippen MR) is 149 cm³/mol. The Morgan fingerprint density at radius 2 is 1.22 bits per heavy atom. The van der Waals surface area contributed by atoms with Crippen LogP contribution in [0.15, 0.2) is 84.9 Å². The van der Waals surface area contributed by atoms with Crippen molar-refractivity contribution in [3.8, 4) is 11.1 Å². The van der Waals surface area contributed by atoms with E-state index in [1.165, 1.54) is 16.8 Å². The topological polar surface area (TPSA) is 87.5 Å². The minimum Gasteiger partial charge on any atom is -0.385 e. The summed E-state index contributed by atoms with van der Waals surface area (Å²) >= 11 is 1.33. The van der Waals surface area contributed by atoms with Gasteiger partial charge in [-0.05, 0) is 59.3 Å². The van der Waals surface area contributed by atoms with Crippen molar-refractivity contribution >= 4 is 45.9 Å². The number of rotatable bonds is 10. The number of carbonyl (C=O) groups is 2. The number of amides is 2. The van der Waals surface area contributed by atoms with Gasteiger partial charge in [0.15, 0.2) is 0 Å². The average Bonchev–Trinajstić information content (AvgIpc) is 2.92. The molecule has 4 N–H and O–H groups in total. The molecule has 0 radical (unpaired) electrons. The summed E-state index contributed by atoms with van der Waals surface area (Å²) in [7, 11) is 0. The number of nitrogens with zero attached hydrogens (tertiary/aromatic N) is 1. The fraction of sp³-hybridized carbons (Fsp3) is 0.172. The van der Waals surface area contributed by atoms with Crippen LogP contribution >= 0.6 is 11.9 Å². The third-order valence-electron chi connectivity index (χ3n) is 6.40. The van der Waals surface area contributed by atoms with Crippen LogP contribution in [0.5, 0.6) is 0 Å². The first-order valence-corrected chi connectivity index (χ1v) is 13.1. The van der Waals surface area contributed by atoms with Crippen LogP contribution in [-0.2, 0) is 0 Å². The van der Waals surface area contributed by atoms with E-state index in [0.717, 1.165) is 45.6 Å². The first kappa shape index (κ1) is 23.9. The molecule has 36 heavy (non-hydrogen) atoms. The Kier molecular flexibility index (Phi) is 7.21. The number of nitrogens with two attached hydrogens (primary N) is 1. The number of carbonyl (C=O) groups excluding carboxylic acids is 2. The fourth-order valence-corrected chi connectivity index (χ4v) is 4.79. The number of benzene rings is 4. The van der Waals surface area contributed by atoms with Gasteiger partial charge >= 0.3 is 0 Å². The van der Waals surface area contributed by atoms with Crippen molar-refractivity contribution in [3.63, 3.8) is 0 Å². The van der Waals surface area contributed by atoms with Gasteiger partial charge in [0, 0.05) is 53.3 Å². The molecule has 2 amide bonds. The second kappa shape index (κ2) is 10.8. The Hall–Kier alpha value is -3.81. The molecule has 0 spiro atoms. The maximum absolute atomic E-state index is 13.0. The maximum Gasteiger partial charge on any atom is 0.261 e. The Labute approximate surface area is 215 Å². The van der Waals surface area contributed by atoms with E-state index >= 15 is 0 Å². The lowest BCUT2D eigenvalue weighted by molar-refractivity contribution is 0.0610. The molecule has 1 aliphatic heterocycles. The molecule has 0 bridgehead atoms. The number of anilines is 2. The number of hydrogen-bond acceptors (Lipinski definition) is 6. The van der Waals surface area contributed by atoms with E-state index in [1.54, 1.807) is 12.1 Å². The molecule has 5 rings (SSSR count). The van der Waals surface area contributed by atoms with Crippen molar-refractivity contribution in [1.82, 2.24) is 4.90 Å². The number of hydrogen-bond donors (Lipinski definition) is 3. The molecule has 0 atom stereocenters. The van der Waals surface area contributed by atoms with Crippen molar-refractivity contribution in [2.45, 2.75) is 6.42 Å². The van der Waals surface area contributed by atoms with Gasteiger partial charge in [-0.15, -0.1) is 0 Å². The summed E-state index contributed by atoms with van der Waals surface area (Å²) in [6.45, 7) is 1.87. The molecule has 0 aliphatic carbocycles. The van der Waals surface area contributed by atoms with E-state index in [-0.39, 0.29) is 11.8 Å². The van der Waals surface area contributed by atoms with Gasteiger partial charge in [-0.3, -0.25) is 19.6 Å². The highest BCUT2D eigenvalue weighted by Gasteiger charge is 2.32. The van der Waals surface area contributed by atoms with Gasteiger partial charge in [0.25, 0.3) is 11.8 Å². The highest BCUT2D eigenvalue weighted by molar-refractivity contribution is 7.97. The smallest absolute Gasteiger partial charge is 0.261 e. The molecule has 0 fully saturated rings. The van der Waals surface area contributed by atoms with Gasteiger partial charge in [-0.25, -0.2) is 0 Å². The lowest BCUT2D eigenvalue weighted by Gasteiger charge is -2.27. The molecule has 0 aromatic heterocycles. The van der Waals surface area contributed by atoms with Gasteiger partial charge in [-0.2, -0.15) is 0 Å². The van der Waals surface area contributed by atoms with Crippen molar-refractivity contribution in [3.05, 3.63) is 96.1 Å². The molecule has 4 aromatic rings. The van der Waals surface area contributed by atoms with Crippen LogP contribution in [0, 0.1) is 0 Å². The average molecular weight is 497 g/mol. The van der Waals surface area contributed by atoms with Crippen LogP contribution in [0.25, 0.3) is 21.9 Å². The summed E-state index contributed by atoms with van der Waals surface area (Å²) in [4.78, 5) is 27.4. The molecule has 0 saturated heterocycles. The Morgan fingerprint density at radius 3 is 1.75 bits per heavy atom. The van der Waals surface area contributed by atoms with Gasteiger partial charge < -0.3 is 10.6 Å². The summed E-state index contributed by atoms with van der Waals surface area (Å²) in [5, 5.41) is 13.9. The lowest BCUT2D eigenvalue weighted by atomic mass is 9.94. The van der Waals surface area contributed by atoms with Gasteiger partial charge in [0.2, 0.25) is 0 Å². The van der Waals surface area contributed by atoms with Crippen molar-refractivity contribution in [2.75, 3.05) is 36.0 Å². The zero-order valence-corrected chi connectivity index (χ0v) is 20.7. The monoisotopic (exact) mass is 496 g/mol. The van der Waals surface area contributed by atoms with Crippen LogP contribution in [0.1, 0.15) is 27.1 Å². The van der Waals surface area contributed by atoms with Crippen molar-refractivity contribution in [2.24, 2.45) is 5.14 Å². The fourth-order valence-electron chi connectivity index (χ4n) is 4.57. The van der Waals surface area contributed by atoms with Gasteiger partial charge in [-0.1, -0.05) is 60.5 Å². The minimum atomic E-state index is -0.215. The van der Waals surface area contributed by atoms with E-state index in [4.69, 9.17) is 5.14 Å². The summed E-state index contributed by atoms with van der Waals surface area (Å²) in [6.07, 6.45) is 0.661. The normalized spacial score (nSPS) is 12.8. The maximum atomic E-state index is 13.0. The van der Waals surface area contributed by atoms with Crippen LogP contribution in [0.4, 0.5) is 11.4 Å². The quantitative estimate of drug-likeness (QED) is 0.150. The van der Waals surface area contributed by atoms with Crippen molar-refractivity contribution < 1.29 is 9.59 Å². The summed E-state index contributed by atoms with van der Waals surface area (Å²) < 4.78 is 0. The third-order valence-corrected chi connectivity index (χ3v) is 6.84.